The van der Waals surface area contributed by atoms with Crippen molar-refractivity contribution < 1.29 is 24.5 Å². The average molecular weight is 567 g/mol. The summed E-state index contributed by atoms with van der Waals surface area (Å²) in [5.74, 6) is -1.15. The van der Waals surface area contributed by atoms with E-state index in [0.29, 0.717) is 23.7 Å². The number of benzene rings is 2. The number of rotatable bonds is 7. The van der Waals surface area contributed by atoms with Gasteiger partial charge in [0.1, 0.15) is 23.3 Å². The van der Waals surface area contributed by atoms with Gasteiger partial charge in [-0.05, 0) is 29.7 Å². The van der Waals surface area contributed by atoms with E-state index in [4.69, 9.17) is 9.47 Å². The second-order valence-electron chi connectivity index (χ2n) is 9.92. The molecule has 2 heterocycles. The number of halogens is 1. The molecule has 194 valence electrons. The van der Waals surface area contributed by atoms with Gasteiger partial charge in [0.2, 0.25) is 5.91 Å². The number of aliphatic hydroxyl groups excluding tert-OH is 1. The lowest BCUT2D eigenvalue weighted by atomic mass is 9.71. The van der Waals surface area contributed by atoms with Crippen LogP contribution < -0.4 is 9.47 Å². The van der Waals surface area contributed by atoms with E-state index in [2.05, 4.69) is 27.8 Å². The third-order valence-corrected chi connectivity index (χ3v) is 8.04. The number of aromatic nitrogens is 1. The zero-order valence-electron chi connectivity index (χ0n) is 21.1. The Balaban J connectivity index is 1.76. The van der Waals surface area contributed by atoms with Crippen LogP contribution in [0.2, 0.25) is 0 Å². The zero-order chi connectivity index (χ0) is 26.4. The summed E-state index contributed by atoms with van der Waals surface area (Å²) in [5.41, 5.74) is -1.93. The second-order valence-corrected chi connectivity index (χ2v) is 10.8. The Hall–Kier alpha value is -2.94. The molecule has 7 nitrogen and oxygen atoms in total. The molecule has 1 fully saturated rings. The van der Waals surface area contributed by atoms with E-state index in [1.54, 1.807) is 26.4 Å². The van der Waals surface area contributed by atoms with Crippen molar-refractivity contribution in [3.05, 3.63) is 88.2 Å². The minimum atomic E-state index is -2.01. The largest absolute Gasteiger partial charge is 0.492 e. The summed E-state index contributed by atoms with van der Waals surface area (Å²) in [6.45, 7) is 2.62. The second kappa shape index (κ2) is 9.74. The first-order valence-corrected chi connectivity index (χ1v) is 13.3. The molecule has 37 heavy (non-hydrogen) atoms. The fourth-order valence-corrected chi connectivity index (χ4v) is 6.08. The van der Waals surface area contributed by atoms with Gasteiger partial charge in [-0.3, -0.25) is 9.78 Å². The number of carbonyl (C=O) groups is 1. The Morgan fingerprint density at radius 3 is 2.51 bits per heavy atom. The first-order chi connectivity index (χ1) is 17.8. The Morgan fingerprint density at radius 2 is 1.86 bits per heavy atom. The van der Waals surface area contributed by atoms with Crippen LogP contribution in [0, 0.1) is 5.92 Å². The molecule has 1 saturated carbocycles. The number of aliphatic hydroxyl groups is 2. The van der Waals surface area contributed by atoms with Crippen molar-refractivity contribution in [2.75, 3.05) is 20.7 Å². The quantitative estimate of drug-likeness (QED) is 0.413. The minimum Gasteiger partial charge on any atom is -0.492 e. The van der Waals surface area contributed by atoms with Gasteiger partial charge in [0, 0.05) is 30.6 Å². The van der Waals surface area contributed by atoms with Gasteiger partial charge in [-0.25, -0.2) is 0 Å². The molecule has 1 amide bonds. The maximum atomic E-state index is 13.6. The van der Waals surface area contributed by atoms with Crippen molar-refractivity contribution in [1.29, 1.82) is 0 Å². The highest BCUT2D eigenvalue weighted by molar-refractivity contribution is 9.10. The van der Waals surface area contributed by atoms with E-state index in [9.17, 15) is 15.0 Å². The molecule has 1 aliphatic carbocycles. The van der Waals surface area contributed by atoms with E-state index < -0.39 is 29.1 Å². The van der Waals surface area contributed by atoms with Crippen LogP contribution in [0.5, 0.6) is 11.5 Å². The van der Waals surface area contributed by atoms with Crippen molar-refractivity contribution >= 4 is 21.8 Å². The first kappa shape index (κ1) is 25.7. The summed E-state index contributed by atoms with van der Waals surface area (Å²) in [4.78, 5) is 19.6. The molecule has 2 N–H and O–H groups in total. The van der Waals surface area contributed by atoms with Gasteiger partial charge in [-0.2, -0.15) is 0 Å². The molecule has 0 radical (unpaired) electrons. The molecular weight excluding hydrogens is 536 g/mol. The number of unbranched alkanes of at least 4 members (excludes halogenated alkanes) is 1. The molecule has 1 aliphatic heterocycles. The SMILES string of the molecule is CCCCOc1cnc2c(c1)O[C@@]1(c3ccc(Br)cc3)[C@H](c3ccccc3)[C@@H](C(=O)N(C)C)[C@@H](O)[C@@]21O. The molecule has 0 spiro atoms. The van der Waals surface area contributed by atoms with Gasteiger partial charge < -0.3 is 24.6 Å². The summed E-state index contributed by atoms with van der Waals surface area (Å²) >= 11 is 3.49. The molecule has 2 aromatic carbocycles. The third kappa shape index (κ3) is 3.85. The Bertz CT molecular complexity index is 1290. The monoisotopic (exact) mass is 566 g/mol. The maximum absolute atomic E-state index is 13.6. The van der Waals surface area contributed by atoms with E-state index in [1.165, 1.54) is 4.90 Å². The highest BCUT2D eigenvalue weighted by Gasteiger charge is 2.78. The summed E-state index contributed by atoms with van der Waals surface area (Å²) in [5, 5.41) is 24.5. The smallest absolute Gasteiger partial charge is 0.228 e. The summed E-state index contributed by atoms with van der Waals surface area (Å²) in [6.07, 6.45) is 1.94. The average Bonchev–Trinajstić information content (AvgIpc) is 3.27. The summed E-state index contributed by atoms with van der Waals surface area (Å²) in [6, 6.07) is 18.6. The number of carbonyl (C=O) groups excluding carboxylic acids is 1. The van der Waals surface area contributed by atoms with Crippen molar-refractivity contribution in [3.63, 3.8) is 0 Å². The molecule has 0 unspecified atom stereocenters. The maximum Gasteiger partial charge on any atom is 0.228 e. The number of hydrogen-bond acceptors (Lipinski definition) is 6. The fraction of sp³-hybridized carbons (Fsp3) is 0.379. The zero-order valence-corrected chi connectivity index (χ0v) is 22.7. The van der Waals surface area contributed by atoms with Crippen LogP contribution in [0.3, 0.4) is 0 Å². The number of nitrogens with zero attached hydrogens (tertiary/aromatic N) is 2. The number of pyridine rings is 1. The number of ether oxygens (including phenoxy) is 2. The van der Waals surface area contributed by atoms with Crippen LogP contribution in [0.25, 0.3) is 0 Å². The summed E-state index contributed by atoms with van der Waals surface area (Å²) < 4.78 is 13.5. The molecule has 5 atom stereocenters. The van der Waals surface area contributed by atoms with Crippen molar-refractivity contribution in [3.8, 4) is 11.5 Å². The highest BCUT2D eigenvalue weighted by Crippen LogP contribution is 2.68. The van der Waals surface area contributed by atoms with Crippen LogP contribution in [-0.2, 0) is 16.0 Å². The van der Waals surface area contributed by atoms with E-state index in [-0.39, 0.29) is 11.6 Å². The van der Waals surface area contributed by atoms with Crippen molar-refractivity contribution in [1.82, 2.24) is 9.88 Å². The van der Waals surface area contributed by atoms with Gasteiger partial charge in [0.05, 0.1) is 18.7 Å². The standard InChI is InChI=1S/C29H31BrN2O5/c1-4-5-15-36-21-16-22-25(31-17-21)28(35)26(33)23(27(34)32(2)3)24(18-9-7-6-8-10-18)29(28,37-22)19-11-13-20(30)14-12-19/h6-14,16-17,23-24,26,33,35H,4-5,15H2,1-3H3/t23-,24-,26-,28+,29+/m1/s1. The molecule has 5 rings (SSSR count). The van der Waals surface area contributed by atoms with Crippen LogP contribution in [0.15, 0.2) is 71.3 Å². The van der Waals surface area contributed by atoms with E-state index in [1.807, 2.05) is 54.6 Å². The Morgan fingerprint density at radius 1 is 1.16 bits per heavy atom. The minimum absolute atomic E-state index is 0.195. The predicted molar refractivity (Wildman–Crippen MR) is 142 cm³/mol. The predicted octanol–water partition coefficient (Wildman–Crippen LogP) is 4.36. The van der Waals surface area contributed by atoms with Gasteiger partial charge in [0.25, 0.3) is 0 Å². The molecular formula is C29H31BrN2O5. The van der Waals surface area contributed by atoms with Crippen molar-refractivity contribution in [2.45, 2.75) is 43.0 Å². The molecule has 0 saturated heterocycles. The van der Waals surface area contributed by atoms with Gasteiger partial charge in [-0.15, -0.1) is 0 Å². The molecule has 1 aromatic heterocycles. The Kier molecular flexibility index (Phi) is 6.77. The topological polar surface area (TPSA) is 92.1 Å². The van der Waals surface area contributed by atoms with Crippen LogP contribution >= 0.6 is 15.9 Å². The molecule has 8 heteroatoms. The fourth-order valence-electron chi connectivity index (χ4n) is 5.82. The van der Waals surface area contributed by atoms with Crippen LogP contribution in [0.4, 0.5) is 0 Å². The molecule has 2 aliphatic rings. The van der Waals surface area contributed by atoms with E-state index >= 15 is 0 Å². The first-order valence-electron chi connectivity index (χ1n) is 12.5. The third-order valence-electron chi connectivity index (χ3n) is 7.52. The normalized spacial score (nSPS) is 27.8. The van der Waals surface area contributed by atoms with Gasteiger partial charge >= 0.3 is 0 Å². The molecule has 3 aromatic rings. The van der Waals surface area contributed by atoms with Crippen molar-refractivity contribution in [2.24, 2.45) is 5.92 Å². The van der Waals surface area contributed by atoms with Crippen LogP contribution in [0.1, 0.15) is 42.5 Å². The lowest BCUT2D eigenvalue weighted by Crippen LogP contribution is -2.52. The lowest BCUT2D eigenvalue weighted by molar-refractivity contribution is -0.157. The number of amides is 1. The highest BCUT2D eigenvalue weighted by atomic mass is 79.9. The number of hydrogen-bond donors (Lipinski definition) is 2. The van der Waals surface area contributed by atoms with E-state index in [0.717, 1.165) is 22.9 Å². The lowest BCUT2D eigenvalue weighted by Gasteiger charge is -2.40. The van der Waals surface area contributed by atoms with Gasteiger partial charge in [0.15, 0.2) is 11.2 Å². The number of fused-ring (bicyclic) bond motifs is 3. The van der Waals surface area contributed by atoms with Gasteiger partial charge in [-0.1, -0.05) is 71.7 Å². The Labute approximate surface area is 225 Å². The molecule has 0 bridgehead atoms. The van der Waals surface area contributed by atoms with Crippen LogP contribution in [-0.4, -0.2) is 52.8 Å². The summed E-state index contributed by atoms with van der Waals surface area (Å²) in [7, 11) is 3.29.